The van der Waals surface area contributed by atoms with Crippen LogP contribution in [0.15, 0.2) is 0 Å². The molecule has 2 atom stereocenters. The fourth-order valence-corrected chi connectivity index (χ4v) is 2.65. The molecule has 1 N–H and O–H groups in total. The zero-order valence-corrected chi connectivity index (χ0v) is 12.7. The van der Waals surface area contributed by atoms with Gasteiger partial charge in [-0.1, -0.05) is 27.7 Å². The third-order valence-electron chi connectivity index (χ3n) is 3.49. The van der Waals surface area contributed by atoms with Crippen molar-refractivity contribution in [2.24, 2.45) is 0 Å². The summed E-state index contributed by atoms with van der Waals surface area (Å²) in [7, 11) is 0. The number of nitrogens with zero attached hydrogens (tertiary/aromatic N) is 1. The molecule has 0 spiro atoms. The number of rotatable bonds is 9. The maximum Gasteiger partial charge on any atom is 0.0707 e. The van der Waals surface area contributed by atoms with E-state index in [1.165, 1.54) is 38.8 Å². The first-order valence-electron chi connectivity index (χ1n) is 7.76. The summed E-state index contributed by atoms with van der Waals surface area (Å²) in [5.74, 6) is 0. The van der Waals surface area contributed by atoms with Gasteiger partial charge in [0, 0.05) is 19.1 Å². The molecule has 0 radical (unpaired) electrons. The lowest BCUT2D eigenvalue weighted by molar-refractivity contribution is 0.0226. The van der Waals surface area contributed by atoms with Crippen molar-refractivity contribution in [2.45, 2.75) is 71.6 Å². The molecule has 0 amide bonds. The fourth-order valence-electron chi connectivity index (χ4n) is 2.65. The minimum atomic E-state index is 0.433. The van der Waals surface area contributed by atoms with Crippen molar-refractivity contribution in [1.82, 2.24) is 10.2 Å². The van der Waals surface area contributed by atoms with Crippen molar-refractivity contribution in [3.63, 3.8) is 0 Å². The Kier molecular flexibility index (Phi) is 7.87. The lowest BCUT2D eigenvalue weighted by Gasteiger charge is -2.25. The van der Waals surface area contributed by atoms with Gasteiger partial charge in [-0.3, -0.25) is 0 Å². The van der Waals surface area contributed by atoms with Crippen molar-refractivity contribution >= 4 is 0 Å². The molecule has 0 aromatic heterocycles. The number of nitrogens with one attached hydrogen (secondary N) is 1. The molecule has 3 nitrogen and oxygen atoms in total. The first-order valence-corrected chi connectivity index (χ1v) is 7.76. The largest absolute Gasteiger partial charge is 0.372 e. The van der Waals surface area contributed by atoms with Crippen molar-refractivity contribution in [2.75, 3.05) is 26.2 Å². The highest BCUT2D eigenvalue weighted by atomic mass is 16.5. The van der Waals surface area contributed by atoms with E-state index in [0.29, 0.717) is 18.2 Å². The molecule has 0 aromatic carbocycles. The van der Waals surface area contributed by atoms with Gasteiger partial charge in [0.25, 0.3) is 0 Å². The Balaban J connectivity index is 2.23. The van der Waals surface area contributed by atoms with Gasteiger partial charge in [0.2, 0.25) is 0 Å². The lowest BCUT2D eigenvalue weighted by Crippen LogP contribution is -2.36. The third kappa shape index (κ3) is 6.17. The van der Waals surface area contributed by atoms with Gasteiger partial charge in [0.15, 0.2) is 0 Å². The van der Waals surface area contributed by atoms with Crippen LogP contribution in [0, 0.1) is 0 Å². The average Bonchev–Trinajstić information content (AvgIpc) is 2.75. The molecular formula is C15H32N2O. The molecule has 0 aromatic rings. The maximum atomic E-state index is 6.13. The summed E-state index contributed by atoms with van der Waals surface area (Å²) in [4.78, 5) is 2.56. The van der Waals surface area contributed by atoms with Gasteiger partial charge in [-0.2, -0.15) is 0 Å². The van der Waals surface area contributed by atoms with Crippen LogP contribution in [0.25, 0.3) is 0 Å². The second-order valence-corrected chi connectivity index (χ2v) is 5.82. The van der Waals surface area contributed by atoms with Gasteiger partial charge < -0.3 is 15.0 Å². The van der Waals surface area contributed by atoms with Gasteiger partial charge in [-0.15, -0.1) is 0 Å². The molecule has 1 saturated heterocycles. The van der Waals surface area contributed by atoms with E-state index < -0.39 is 0 Å². The van der Waals surface area contributed by atoms with Gasteiger partial charge in [0.05, 0.1) is 12.2 Å². The minimum Gasteiger partial charge on any atom is -0.372 e. The van der Waals surface area contributed by atoms with Crippen LogP contribution < -0.4 is 5.32 Å². The molecule has 0 aliphatic carbocycles. The van der Waals surface area contributed by atoms with E-state index in [-0.39, 0.29) is 0 Å². The summed E-state index contributed by atoms with van der Waals surface area (Å²) in [6, 6.07) is 0.560. The highest BCUT2D eigenvalue weighted by molar-refractivity contribution is 4.78. The van der Waals surface area contributed by atoms with Crippen LogP contribution >= 0.6 is 0 Å². The third-order valence-corrected chi connectivity index (χ3v) is 3.49. The van der Waals surface area contributed by atoms with Crippen LogP contribution in [0.1, 0.15) is 53.4 Å². The molecule has 0 saturated carbocycles. The molecule has 2 unspecified atom stereocenters. The fraction of sp³-hybridized carbons (Fsp3) is 1.00. The normalized spacial score (nSPS) is 24.3. The predicted octanol–water partition coefficient (Wildman–Crippen LogP) is 2.65. The molecule has 1 heterocycles. The molecule has 1 fully saturated rings. The van der Waals surface area contributed by atoms with E-state index in [9.17, 15) is 0 Å². The van der Waals surface area contributed by atoms with Crippen LogP contribution in [-0.2, 0) is 4.74 Å². The lowest BCUT2D eigenvalue weighted by atomic mass is 10.1. The Morgan fingerprint density at radius 2 is 1.72 bits per heavy atom. The van der Waals surface area contributed by atoms with Gasteiger partial charge in [-0.25, -0.2) is 0 Å². The molecule has 108 valence electrons. The molecule has 1 rings (SSSR count). The molecule has 1 aliphatic heterocycles. The topological polar surface area (TPSA) is 24.5 Å². The maximum absolute atomic E-state index is 6.13. The first-order chi connectivity index (χ1) is 8.65. The van der Waals surface area contributed by atoms with Crippen LogP contribution in [0.3, 0.4) is 0 Å². The summed E-state index contributed by atoms with van der Waals surface area (Å²) >= 11 is 0. The van der Waals surface area contributed by atoms with E-state index in [2.05, 4.69) is 37.9 Å². The summed E-state index contributed by atoms with van der Waals surface area (Å²) in [6.45, 7) is 13.5. The van der Waals surface area contributed by atoms with Crippen LogP contribution in [0.5, 0.6) is 0 Å². The molecule has 18 heavy (non-hydrogen) atoms. The van der Waals surface area contributed by atoms with Crippen molar-refractivity contribution in [3.8, 4) is 0 Å². The number of hydrogen-bond acceptors (Lipinski definition) is 3. The molecule has 3 heteroatoms. The minimum absolute atomic E-state index is 0.433. The zero-order chi connectivity index (χ0) is 13.4. The molecular weight excluding hydrogens is 224 g/mol. The van der Waals surface area contributed by atoms with Crippen molar-refractivity contribution in [1.29, 1.82) is 0 Å². The summed E-state index contributed by atoms with van der Waals surface area (Å²) in [5.41, 5.74) is 0. The average molecular weight is 256 g/mol. The SMILES string of the molecule is CCCN(CCC)CC1CCC(CNC(C)C)O1. The van der Waals surface area contributed by atoms with Crippen molar-refractivity contribution in [3.05, 3.63) is 0 Å². The Bertz CT molecular complexity index is 203. The van der Waals surface area contributed by atoms with E-state index in [0.717, 1.165) is 13.1 Å². The molecule has 1 aliphatic rings. The Labute approximate surface area is 113 Å². The van der Waals surface area contributed by atoms with E-state index in [1.807, 2.05) is 0 Å². The number of hydrogen-bond donors (Lipinski definition) is 1. The van der Waals surface area contributed by atoms with Crippen LogP contribution in [0.2, 0.25) is 0 Å². The quantitative estimate of drug-likeness (QED) is 0.686. The number of ether oxygens (including phenoxy) is 1. The Morgan fingerprint density at radius 1 is 1.11 bits per heavy atom. The first kappa shape index (κ1) is 15.9. The summed E-state index contributed by atoms with van der Waals surface area (Å²) in [6.07, 6.45) is 5.82. The standard InChI is InChI=1S/C15H32N2O/c1-5-9-17(10-6-2)12-15-8-7-14(18-15)11-16-13(3)4/h13-16H,5-12H2,1-4H3. The highest BCUT2D eigenvalue weighted by Gasteiger charge is 2.26. The second-order valence-electron chi connectivity index (χ2n) is 5.82. The van der Waals surface area contributed by atoms with Crippen LogP contribution in [-0.4, -0.2) is 49.3 Å². The molecule has 0 bridgehead atoms. The Hall–Kier alpha value is -0.120. The van der Waals surface area contributed by atoms with E-state index in [1.54, 1.807) is 0 Å². The summed E-state index contributed by atoms with van der Waals surface area (Å²) in [5, 5.41) is 3.47. The van der Waals surface area contributed by atoms with Gasteiger partial charge >= 0.3 is 0 Å². The Morgan fingerprint density at radius 3 is 2.28 bits per heavy atom. The highest BCUT2D eigenvalue weighted by Crippen LogP contribution is 2.20. The smallest absolute Gasteiger partial charge is 0.0707 e. The second kappa shape index (κ2) is 8.89. The van der Waals surface area contributed by atoms with Crippen LogP contribution in [0.4, 0.5) is 0 Å². The van der Waals surface area contributed by atoms with E-state index >= 15 is 0 Å². The van der Waals surface area contributed by atoms with E-state index in [4.69, 9.17) is 4.74 Å². The monoisotopic (exact) mass is 256 g/mol. The van der Waals surface area contributed by atoms with Crippen molar-refractivity contribution < 1.29 is 4.74 Å². The van der Waals surface area contributed by atoms with Gasteiger partial charge in [0.1, 0.15) is 0 Å². The zero-order valence-electron chi connectivity index (χ0n) is 12.7. The summed E-state index contributed by atoms with van der Waals surface area (Å²) < 4.78 is 6.13. The predicted molar refractivity (Wildman–Crippen MR) is 78.1 cm³/mol. The van der Waals surface area contributed by atoms with Gasteiger partial charge in [-0.05, 0) is 38.8 Å².